The average molecular weight is 272 g/mol. The lowest BCUT2D eigenvalue weighted by molar-refractivity contribution is -0.133. The number of barbiturate groups is 1. The summed E-state index contributed by atoms with van der Waals surface area (Å²) < 4.78 is 0. The van der Waals surface area contributed by atoms with Crippen molar-refractivity contribution in [3.8, 4) is 0 Å². The Kier molecular flexibility index (Phi) is 3.44. The summed E-state index contributed by atoms with van der Waals surface area (Å²) in [4.78, 5) is 37.1. The molecule has 0 atom stereocenters. The van der Waals surface area contributed by atoms with Crippen LogP contribution < -0.4 is 5.32 Å². The maximum atomic E-state index is 12.4. The molecule has 0 bridgehead atoms. The van der Waals surface area contributed by atoms with Crippen LogP contribution in [0.5, 0.6) is 0 Å². The van der Waals surface area contributed by atoms with Gasteiger partial charge in [-0.15, -0.1) is 0 Å². The predicted octanol–water partition coefficient (Wildman–Crippen LogP) is 1.95. The summed E-state index contributed by atoms with van der Waals surface area (Å²) in [6.07, 6.45) is 1.49. The number of hydrogen-bond donors (Lipinski definition) is 1. The quantitative estimate of drug-likeness (QED) is 0.627. The third kappa shape index (κ3) is 2.61. The van der Waals surface area contributed by atoms with E-state index >= 15 is 0 Å². The molecular formula is C15H16N2O3. The lowest BCUT2D eigenvalue weighted by Crippen LogP contribution is -2.60. The fourth-order valence-corrected chi connectivity index (χ4v) is 1.98. The highest BCUT2D eigenvalue weighted by Crippen LogP contribution is 2.21. The number of nitrogens with zero attached hydrogens (tertiary/aromatic N) is 1. The van der Waals surface area contributed by atoms with Gasteiger partial charge in [0.1, 0.15) is 5.57 Å². The molecule has 1 saturated heterocycles. The Hall–Kier alpha value is -2.43. The minimum absolute atomic E-state index is 0.0364. The normalized spacial score (nSPS) is 18.4. The van der Waals surface area contributed by atoms with Gasteiger partial charge in [-0.05, 0) is 32.4 Å². The van der Waals surface area contributed by atoms with E-state index in [9.17, 15) is 14.4 Å². The molecule has 104 valence electrons. The third-order valence-corrected chi connectivity index (χ3v) is 2.88. The Morgan fingerprint density at radius 2 is 1.65 bits per heavy atom. The van der Waals surface area contributed by atoms with E-state index in [4.69, 9.17) is 0 Å². The Labute approximate surface area is 117 Å². The van der Waals surface area contributed by atoms with Crippen molar-refractivity contribution in [1.29, 1.82) is 0 Å². The van der Waals surface area contributed by atoms with Crippen molar-refractivity contribution in [2.75, 3.05) is 0 Å². The van der Waals surface area contributed by atoms with Crippen molar-refractivity contribution in [2.45, 2.75) is 26.3 Å². The third-order valence-electron chi connectivity index (χ3n) is 2.88. The monoisotopic (exact) mass is 272 g/mol. The molecule has 20 heavy (non-hydrogen) atoms. The van der Waals surface area contributed by atoms with E-state index in [1.54, 1.807) is 32.9 Å². The van der Waals surface area contributed by atoms with E-state index in [1.807, 2.05) is 18.2 Å². The summed E-state index contributed by atoms with van der Waals surface area (Å²) in [6.45, 7) is 5.21. The molecule has 0 saturated carbocycles. The second-order valence-corrected chi connectivity index (χ2v) is 5.54. The molecule has 5 heteroatoms. The number of imide groups is 2. The Morgan fingerprint density at radius 3 is 2.20 bits per heavy atom. The minimum atomic E-state index is -0.697. The van der Waals surface area contributed by atoms with Crippen molar-refractivity contribution >= 4 is 23.9 Å². The van der Waals surface area contributed by atoms with Gasteiger partial charge in [0.2, 0.25) is 0 Å². The lowest BCUT2D eigenvalue weighted by atomic mass is 10.0. The molecular weight excluding hydrogens is 256 g/mol. The first kappa shape index (κ1) is 14.0. The SMILES string of the molecule is CC(C)(C)N1C(=O)NC(=O)C(=Cc2ccccc2)C1=O. The zero-order chi connectivity index (χ0) is 14.9. The number of urea groups is 1. The van der Waals surface area contributed by atoms with Gasteiger partial charge in [0.25, 0.3) is 11.8 Å². The first-order chi connectivity index (χ1) is 9.30. The molecule has 1 N–H and O–H groups in total. The van der Waals surface area contributed by atoms with E-state index in [2.05, 4.69) is 5.32 Å². The van der Waals surface area contributed by atoms with Crippen molar-refractivity contribution in [3.63, 3.8) is 0 Å². The Morgan fingerprint density at radius 1 is 1.05 bits per heavy atom. The zero-order valence-corrected chi connectivity index (χ0v) is 11.6. The van der Waals surface area contributed by atoms with Crippen molar-refractivity contribution in [3.05, 3.63) is 41.5 Å². The van der Waals surface area contributed by atoms with Gasteiger partial charge in [-0.1, -0.05) is 30.3 Å². The first-order valence-electron chi connectivity index (χ1n) is 6.27. The summed E-state index contributed by atoms with van der Waals surface area (Å²) in [6, 6.07) is 8.35. The van der Waals surface area contributed by atoms with Crippen molar-refractivity contribution in [1.82, 2.24) is 10.2 Å². The van der Waals surface area contributed by atoms with Crippen LogP contribution in [0.3, 0.4) is 0 Å². The molecule has 0 unspecified atom stereocenters. The van der Waals surface area contributed by atoms with Crippen LogP contribution in [-0.2, 0) is 9.59 Å². The maximum absolute atomic E-state index is 12.4. The fourth-order valence-electron chi connectivity index (χ4n) is 1.98. The molecule has 1 aromatic carbocycles. The molecule has 1 aromatic rings. The molecule has 1 aliphatic heterocycles. The van der Waals surface area contributed by atoms with Gasteiger partial charge in [-0.2, -0.15) is 0 Å². The molecule has 0 spiro atoms. The van der Waals surface area contributed by atoms with Gasteiger partial charge in [0.05, 0.1) is 0 Å². The number of rotatable bonds is 1. The highest BCUT2D eigenvalue weighted by molar-refractivity contribution is 6.31. The smallest absolute Gasteiger partial charge is 0.273 e. The Balaban J connectivity index is 2.43. The van der Waals surface area contributed by atoms with Crippen LogP contribution in [0.25, 0.3) is 6.08 Å². The molecule has 0 aromatic heterocycles. The van der Waals surface area contributed by atoms with Crippen LogP contribution in [0.2, 0.25) is 0 Å². The first-order valence-corrected chi connectivity index (χ1v) is 6.27. The van der Waals surface area contributed by atoms with E-state index < -0.39 is 23.4 Å². The second kappa shape index (κ2) is 4.92. The highest BCUT2D eigenvalue weighted by Gasteiger charge is 2.41. The highest BCUT2D eigenvalue weighted by atomic mass is 16.2. The van der Waals surface area contributed by atoms with Gasteiger partial charge in [-0.3, -0.25) is 19.8 Å². The fraction of sp³-hybridized carbons (Fsp3) is 0.267. The van der Waals surface area contributed by atoms with Crippen LogP contribution in [0, 0.1) is 0 Å². The van der Waals surface area contributed by atoms with Gasteiger partial charge in [0.15, 0.2) is 0 Å². The van der Waals surface area contributed by atoms with Gasteiger partial charge >= 0.3 is 6.03 Å². The summed E-state index contributed by atoms with van der Waals surface area (Å²) in [5.74, 6) is -1.24. The van der Waals surface area contributed by atoms with Crippen LogP contribution >= 0.6 is 0 Å². The van der Waals surface area contributed by atoms with Gasteiger partial charge in [0, 0.05) is 5.54 Å². The second-order valence-electron chi connectivity index (χ2n) is 5.54. The van der Waals surface area contributed by atoms with E-state index in [-0.39, 0.29) is 5.57 Å². The van der Waals surface area contributed by atoms with E-state index in [0.29, 0.717) is 0 Å². The molecule has 4 amide bonds. The van der Waals surface area contributed by atoms with Crippen LogP contribution in [-0.4, -0.2) is 28.3 Å². The molecule has 2 rings (SSSR count). The number of carbonyl (C=O) groups is 3. The summed E-state index contributed by atoms with van der Waals surface area (Å²) >= 11 is 0. The lowest BCUT2D eigenvalue weighted by Gasteiger charge is -2.36. The van der Waals surface area contributed by atoms with Crippen molar-refractivity contribution < 1.29 is 14.4 Å². The van der Waals surface area contributed by atoms with Crippen LogP contribution in [0.4, 0.5) is 4.79 Å². The van der Waals surface area contributed by atoms with Crippen LogP contribution in [0.15, 0.2) is 35.9 Å². The van der Waals surface area contributed by atoms with Gasteiger partial charge in [-0.25, -0.2) is 4.79 Å². The number of nitrogens with one attached hydrogen (secondary N) is 1. The zero-order valence-electron chi connectivity index (χ0n) is 11.6. The summed E-state index contributed by atoms with van der Waals surface area (Å²) in [7, 11) is 0. The van der Waals surface area contributed by atoms with Crippen LogP contribution in [0.1, 0.15) is 26.3 Å². The van der Waals surface area contributed by atoms with Gasteiger partial charge < -0.3 is 0 Å². The molecule has 5 nitrogen and oxygen atoms in total. The molecule has 0 aliphatic carbocycles. The molecule has 1 fully saturated rings. The average Bonchev–Trinajstić information content (AvgIpc) is 2.33. The number of hydrogen-bond acceptors (Lipinski definition) is 3. The number of benzene rings is 1. The summed E-state index contributed by atoms with van der Waals surface area (Å²) in [5.41, 5.74) is -0.00240. The minimum Gasteiger partial charge on any atom is -0.273 e. The molecule has 0 radical (unpaired) electrons. The maximum Gasteiger partial charge on any atom is 0.331 e. The number of amides is 4. The van der Waals surface area contributed by atoms with Crippen molar-refractivity contribution in [2.24, 2.45) is 0 Å². The Bertz CT molecular complexity index is 597. The molecule has 1 aliphatic rings. The largest absolute Gasteiger partial charge is 0.331 e. The predicted molar refractivity (Wildman–Crippen MR) is 74.6 cm³/mol. The van der Waals surface area contributed by atoms with E-state index in [1.165, 1.54) is 6.08 Å². The standard InChI is InChI=1S/C15H16N2O3/c1-15(2,3)17-13(19)11(12(18)16-14(17)20)9-10-7-5-4-6-8-10/h4-9H,1-3H3,(H,16,18,20). The van der Waals surface area contributed by atoms with E-state index in [0.717, 1.165) is 10.5 Å². The summed E-state index contributed by atoms with van der Waals surface area (Å²) in [5, 5.41) is 2.20. The topological polar surface area (TPSA) is 66.5 Å². The number of carbonyl (C=O) groups excluding carboxylic acids is 3. The molecule has 1 heterocycles.